The number of hydrogen-bond donors (Lipinski definition) is 2. The fraction of sp³-hybridized carbons (Fsp3) is 0.467. The Morgan fingerprint density at radius 3 is 2.57 bits per heavy atom. The number of halogens is 1. The van der Waals surface area contributed by atoms with Crippen LogP contribution in [-0.2, 0) is 9.53 Å². The van der Waals surface area contributed by atoms with E-state index in [0.717, 1.165) is 6.42 Å². The van der Waals surface area contributed by atoms with E-state index in [9.17, 15) is 4.79 Å². The number of nitrogens with one attached hydrogen (secondary N) is 2. The lowest BCUT2D eigenvalue weighted by atomic mass is 10.2. The molecule has 0 aliphatic carbocycles. The topological polar surface area (TPSA) is 68.8 Å². The number of carbonyl (C=O) groups excluding carboxylic acids is 1. The first-order valence-corrected chi connectivity index (χ1v) is 7.92. The van der Waals surface area contributed by atoms with Crippen molar-refractivity contribution in [1.82, 2.24) is 5.32 Å². The molecule has 0 atom stereocenters. The number of esters is 1. The number of rotatable bonds is 8. The van der Waals surface area contributed by atoms with E-state index < -0.39 is 0 Å². The molecule has 0 radical (unpaired) electrons. The molecule has 0 aliphatic heterocycles. The van der Waals surface area contributed by atoms with Gasteiger partial charge in [0.1, 0.15) is 11.5 Å². The van der Waals surface area contributed by atoms with Crippen LogP contribution in [0.3, 0.4) is 0 Å². The fourth-order valence-electron chi connectivity index (χ4n) is 1.69. The van der Waals surface area contributed by atoms with Gasteiger partial charge in [0.25, 0.3) is 0 Å². The van der Waals surface area contributed by atoms with Gasteiger partial charge in [0.2, 0.25) is 0 Å². The molecule has 0 fully saturated rings. The number of methoxy groups -OCH3 is 2. The Kier molecular flexibility index (Phi) is 8.50. The van der Waals surface area contributed by atoms with Crippen LogP contribution >= 0.6 is 23.8 Å². The van der Waals surface area contributed by atoms with E-state index in [1.807, 2.05) is 6.92 Å². The van der Waals surface area contributed by atoms with Crippen molar-refractivity contribution in [3.63, 3.8) is 0 Å². The van der Waals surface area contributed by atoms with Crippen molar-refractivity contribution >= 4 is 40.6 Å². The number of thiocarbonyl (C=S) groups is 1. The molecule has 1 aromatic carbocycles. The predicted molar refractivity (Wildman–Crippen MR) is 94.6 cm³/mol. The lowest BCUT2D eigenvalue weighted by Gasteiger charge is -2.15. The molecule has 1 aromatic rings. The van der Waals surface area contributed by atoms with E-state index >= 15 is 0 Å². The summed E-state index contributed by atoms with van der Waals surface area (Å²) in [6.07, 6.45) is 1.04. The van der Waals surface area contributed by atoms with Crippen molar-refractivity contribution in [2.45, 2.75) is 19.8 Å². The molecule has 0 spiro atoms. The van der Waals surface area contributed by atoms with Crippen LogP contribution in [0.5, 0.6) is 11.5 Å². The average molecular weight is 361 g/mol. The minimum absolute atomic E-state index is 0.239. The summed E-state index contributed by atoms with van der Waals surface area (Å²) < 4.78 is 15.4. The van der Waals surface area contributed by atoms with Gasteiger partial charge in [-0.25, -0.2) is 0 Å². The summed E-state index contributed by atoms with van der Waals surface area (Å²) in [7, 11) is 3.06. The van der Waals surface area contributed by atoms with Crippen LogP contribution in [0.2, 0.25) is 5.02 Å². The van der Waals surface area contributed by atoms with Gasteiger partial charge in [-0.3, -0.25) is 4.79 Å². The second-order valence-corrected chi connectivity index (χ2v) is 5.35. The maximum atomic E-state index is 11.4. The zero-order valence-corrected chi connectivity index (χ0v) is 15.0. The third-order valence-corrected chi connectivity index (χ3v) is 3.35. The number of anilines is 1. The Bertz CT molecular complexity index is 555. The van der Waals surface area contributed by atoms with Crippen LogP contribution in [0.4, 0.5) is 5.69 Å². The fourth-order valence-corrected chi connectivity index (χ4v) is 2.13. The molecule has 0 bridgehead atoms. The van der Waals surface area contributed by atoms with Gasteiger partial charge < -0.3 is 24.8 Å². The summed E-state index contributed by atoms with van der Waals surface area (Å²) in [6, 6.07) is 3.32. The molecule has 0 saturated heterocycles. The van der Waals surface area contributed by atoms with Crippen LogP contribution in [-0.4, -0.2) is 38.5 Å². The van der Waals surface area contributed by atoms with E-state index in [0.29, 0.717) is 40.5 Å². The molecule has 0 heterocycles. The number of benzene rings is 1. The van der Waals surface area contributed by atoms with Gasteiger partial charge in [-0.2, -0.15) is 0 Å². The van der Waals surface area contributed by atoms with E-state index in [1.54, 1.807) is 12.1 Å². The zero-order valence-electron chi connectivity index (χ0n) is 13.4. The van der Waals surface area contributed by atoms with Crippen LogP contribution in [0, 0.1) is 0 Å². The summed E-state index contributed by atoms with van der Waals surface area (Å²) in [4.78, 5) is 11.4. The van der Waals surface area contributed by atoms with Crippen LogP contribution in [0.25, 0.3) is 0 Å². The predicted octanol–water partition coefficient (Wildman–Crippen LogP) is 2.99. The normalized spacial score (nSPS) is 9.91. The molecule has 0 aromatic heterocycles. The van der Waals surface area contributed by atoms with Gasteiger partial charge in [0.15, 0.2) is 5.11 Å². The molecule has 0 saturated carbocycles. The first kappa shape index (κ1) is 19.3. The molecule has 128 valence electrons. The van der Waals surface area contributed by atoms with Crippen LogP contribution in [0.15, 0.2) is 12.1 Å². The van der Waals surface area contributed by atoms with Gasteiger partial charge in [0, 0.05) is 18.7 Å². The summed E-state index contributed by atoms with van der Waals surface area (Å²) in [5.74, 6) is 0.774. The van der Waals surface area contributed by atoms with Crippen molar-refractivity contribution in [3.05, 3.63) is 17.2 Å². The number of hydrogen-bond acceptors (Lipinski definition) is 5. The van der Waals surface area contributed by atoms with E-state index in [2.05, 4.69) is 10.6 Å². The first-order valence-electron chi connectivity index (χ1n) is 7.13. The first-order chi connectivity index (χ1) is 11.0. The highest BCUT2D eigenvalue weighted by Crippen LogP contribution is 2.35. The quantitative estimate of drug-likeness (QED) is 0.545. The minimum Gasteiger partial charge on any atom is -0.495 e. The smallest absolute Gasteiger partial charge is 0.307 e. The Labute approximate surface area is 146 Å². The maximum Gasteiger partial charge on any atom is 0.307 e. The molecule has 2 N–H and O–H groups in total. The Balaban J connectivity index is 2.55. The Morgan fingerprint density at radius 2 is 1.96 bits per heavy atom. The largest absolute Gasteiger partial charge is 0.495 e. The summed E-state index contributed by atoms with van der Waals surface area (Å²) in [5.41, 5.74) is 0.611. The molecule has 0 unspecified atom stereocenters. The van der Waals surface area contributed by atoms with Crippen molar-refractivity contribution in [2.75, 3.05) is 32.7 Å². The lowest BCUT2D eigenvalue weighted by molar-refractivity contribution is -0.143. The monoisotopic (exact) mass is 360 g/mol. The highest BCUT2D eigenvalue weighted by molar-refractivity contribution is 7.80. The van der Waals surface area contributed by atoms with E-state index in [1.165, 1.54) is 14.2 Å². The molecule has 1 rings (SSSR count). The van der Waals surface area contributed by atoms with Crippen molar-refractivity contribution in [2.24, 2.45) is 0 Å². The zero-order chi connectivity index (χ0) is 17.2. The van der Waals surface area contributed by atoms with Gasteiger partial charge >= 0.3 is 5.97 Å². The Hall–Kier alpha value is -1.73. The maximum absolute atomic E-state index is 11.4. The summed E-state index contributed by atoms with van der Waals surface area (Å²) in [5, 5.41) is 6.71. The summed E-state index contributed by atoms with van der Waals surface area (Å²) >= 11 is 11.2. The van der Waals surface area contributed by atoms with Crippen molar-refractivity contribution < 1.29 is 19.0 Å². The minimum atomic E-state index is -0.257. The second kappa shape index (κ2) is 10.1. The third kappa shape index (κ3) is 6.50. The molecular formula is C15H21ClN2O4S. The van der Waals surface area contributed by atoms with Crippen LogP contribution < -0.4 is 20.1 Å². The lowest BCUT2D eigenvalue weighted by Crippen LogP contribution is -2.30. The van der Waals surface area contributed by atoms with Gasteiger partial charge in [-0.1, -0.05) is 18.5 Å². The van der Waals surface area contributed by atoms with E-state index in [-0.39, 0.29) is 12.4 Å². The molecule has 0 amide bonds. The Morgan fingerprint density at radius 1 is 1.26 bits per heavy atom. The molecule has 0 aliphatic rings. The van der Waals surface area contributed by atoms with Gasteiger partial charge in [-0.05, 0) is 18.6 Å². The van der Waals surface area contributed by atoms with Crippen molar-refractivity contribution in [1.29, 1.82) is 0 Å². The highest BCUT2D eigenvalue weighted by Gasteiger charge is 2.11. The number of ether oxygens (including phenoxy) is 3. The average Bonchev–Trinajstić information content (AvgIpc) is 2.54. The van der Waals surface area contributed by atoms with Crippen molar-refractivity contribution in [3.8, 4) is 11.5 Å². The van der Waals surface area contributed by atoms with E-state index in [4.69, 9.17) is 38.0 Å². The SMILES string of the molecule is CCCOC(=O)CCNC(=S)Nc1cc(OC)c(Cl)cc1OC. The highest BCUT2D eigenvalue weighted by atomic mass is 35.5. The molecule has 6 nitrogen and oxygen atoms in total. The van der Waals surface area contributed by atoms with Gasteiger partial charge in [-0.15, -0.1) is 0 Å². The third-order valence-electron chi connectivity index (χ3n) is 2.80. The standard InChI is InChI=1S/C15H21ClN2O4S/c1-4-7-22-14(19)5-6-17-15(23)18-11-9-12(20-2)10(16)8-13(11)21-3/h8-9H,4-7H2,1-3H3,(H2,17,18,23). The van der Waals surface area contributed by atoms with Crippen LogP contribution in [0.1, 0.15) is 19.8 Å². The number of carbonyl (C=O) groups is 1. The summed E-state index contributed by atoms with van der Waals surface area (Å²) in [6.45, 7) is 2.75. The van der Waals surface area contributed by atoms with Gasteiger partial charge in [0.05, 0.1) is 38.0 Å². The molecular weight excluding hydrogens is 340 g/mol. The molecule has 8 heteroatoms. The second-order valence-electron chi connectivity index (χ2n) is 4.54. The molecule has 23 heavy (non-hydrogen) atoms.